The summed E-state index contributed by atoms with van der Waals surface area (Å²) in [5.74, 6) is -0.437. The van der Waals surface area contributed by atoms with Crippen LogP contribution in [-0.2, 0) is 6.54 Å². The summed E-state index contributed by atoms with van der Waals surface area (Å²) >= 11 is 1.39. The van der Waals surface area contributed by atoms with Gasteiger partial charge in [-0.3, -0.25) is 14.6 Å². The van der Waals surface area contributed by atoms with Gasteiger partial charge in [-0.15, -0.1) is 11.3 Å². The molecule has 0 fully saturated rings. The van der Waals surface area contributed by atoms with Crippen molar-refractivity contribution in [3.05, 3.63) is 88.8 Å². The number of halogens is 1. The van der Waals surface area contributed by atoms with E-state index in [1.165, 1.54) is 23.5 Å². The fraction of sp³-hybridized carbons (Fsp3) is 0.0870. The summed E-state index contributed by atoms with van der Waals surface area (Å²) in [6.07, 6.45) is 1.69. The van der Waals surface area contributed by atoms with E-state index in [4.69, 9.17) is 0 Å². The van der Waals surface area contributed by atoms with E-state index in [1.54, 1.807) is 18.3 Å². The number of aryl methyl sites for hydroxylation is 1. The number of nitrogens with zero attached hydrogens (tertiary/aromatic N) is 3. The summed E-state index contributed by atoms with van der Waals surface area (Å²) in [5.41, 5.74) is 4.33. The Kier molecular flexibility index (Phi) is 4.83. The van der Waals surface area contributed by atoms with E-state index < -0.39 is 0 Å². The molecule has 0 saturated carbocycles. The van der Waals surface area contributed by atoms with Gasteiger partial charge >= 0.3 is 0 Å². The van der Waals surface area contributed by atoms with Gasteiger partial charge in [0.25, 0.3) is 5.91 Å². The average molecular weight is 431 g/mol. The van der Waals surface area contributed by atoms with Gasteiger partial charge < -0.3 is 5.32 Å². The number of aromatic nitrogens is 4. The summed E-state index contributed by atoms with van der Waals surface area (Å²) in [7, 11) is 0. The largest absolute Gasteiger partial charge is 0.321 e. The highest BCUT2D eigenvalue weighted by Gasteiger charge is 2.17. The summed E-state index contributed by atoms with van der Waals surface area (Å²) < 4.78 is 15.0. The first-order chi connectivity index (χ1) is 15.1. The molecule has 0 radical (unpaired) electrons. The molecule has 0 atom stereocenters. The smallest absolute Gasteiger partial charge is 0.265 e. The molecule has 5 rings (SSSR count). The molecule has 2 aromatic carbocycles. The molecule has 31 heavy (non-hydrogen) atoms. The minimum absolute atomic E-state index is 0.171. The molecule has 0 aliphatic rings. The number of amides is 1. The van der Waals surface area contributed by atoms with Crippen molar-refractivity contribution in [1.29, 1.82) is 0 Å². The minimum atomic E-state index is -0.266. The van der Waals surface area contributed by atoms with Gasteiger partial charge in [0, 0.05) is 22.8 Å². The Balaban J connectivity index is 1.40. The van der Waals surface area contributed by atoms with Crippen molar-refractivity contribution in [2.24, 2.45) is 0 Å². The quantitative estimate of drug-likeness (QED) is 0.400. The second kappa shape index (κ2) is 7.81. The monoisotopic (exact) mass is 431 g/mol. The number of anilines is 1. The fourth-order valence-electron chi connectivity index (χ4n) is 3.47. The number of thiophene rings is 1. The zero-order valence-corrected chi connectivity index (χ0v) is 17.4. The number of carbonyl (C=O) groups excluding carboxylic acids is 1. The van der Waals surface area contributed by atoms with Crippen molar-refractivity contribution in [3.8, 4) is 11.3 Å². The number of hydrogen-bond donors (Lipinski definition) is 2. The lowest BCUT2D eigenvalue weighted by Gasteiger charge is -2.06. The molecule has 8 heteroatoms. The number of hydrogen-bond acceptors (Lipinski definition) is 4. The lowest BCUT2D eigenvalue weighted by Crippen LogP contribution is -2.10. The van der Waals surface area contributed by atoms with Crippen molar-refractivity contribution in [2.45, 2.75) is 13.5 Å². The highest BCUT2D eigenvalue weighted by atomic mass is 32.1. The Morgan fingerprint density at radius 3 is 2.77 bits per heavy atom. The summed E-state index contributed by atoms with van der Waals surface area (Å²) in [6, 6.07) is 17.7. The molecule has 2 N–H and O–H groups in total. The van der Waals surface area contributed by atoms with E-state index in [-0.39, 0.29) is 11.7 Å². The zero-order valence-electron chi connectivity index (χ0n) is 16.6. The third kappa shape index (κ3) is 3.85. The number of rotatable bonds is 5. The number of benzene rings is 2. The van der Waals surface area contributed by atoms with Crippen LogP contribution < -0.4 is 5.32 Å². The number of aromatic amines is 1. The Bertz CT molecular complexity index is 1370. The van der Waals surface area contributed by atoms with Gasteiger partial charge in [0.1, 0.15) is 10.6 Å². The van der Waals surface area contributed by atoms with Crippen molar-refractivity contribution in [2.75, 3.05) is 5.32 Å². The Morgan fingerprint density at radius 2 is 2.00 bits per heavy atom. The van der Waals surface area contributed by atoms with Gasteiger partial charge in [-0.05, 0) is 48.9 Å². The first-order valence-electron chi connectivity index (χ1n) is 9.69. The molecule has 3 aromatic heterocycles. The van der Waals surface area contributed by atoms with Crippen LogP contribution in [0.25, 0.3) is 21.5 Å². The zero-order chi connectivity index (χ0) is 21.4. The standard InChI is InChI=1S/C23H18FN5OS/c1-14-19-12-21(31-23(19)29(28-14)13-15-5-7-17(24)8-6-15)22(30)26-18-4-2-3-16(11-18)20-9-10-25-27-20/h2-12H,13H2,1H3,(H,25,27)(H,26,30). The van der Waals surface area contributed by atoms with Crippen LogP contribution in [0.1, 0.15) is 20.9 Å². The predicted octanol–water partition coefficient (Wildman–Crippen LogP) is 5.24. The predicted molar refractivity (Wildman–Crippen MR) is 120 cm³/mol. The Morgan fingerprint density at radius 1 is 1.16 bits per heavy atom. The van der Waals surface area contributed by atoms with Crippen molar-refractivity contribution in [1.82, 2.24) is 20.0 Å². The lowest BCUT2D eigenvalue weighted by molar-refractivity contribution is 0.103. The second-order valence-electron chi connectivity index (χ2n) is 7.20. The number of fused-ring (bicyclic) bond motifs is 1. The fourth-order valence-corrected chi connectivity index (χ4v) is 4.52. The van der Waals surface area contributed by atoms with E-state index in [2.05, 4.69) is 20.6 Å². The van der Waals surface area contributed by atoms with E-state index in [1.807, 2.05) is 48.0 Å². The van der Waals surface area contributed by atoms with Gasteiger partial charge in [-0.1, -0.05) is 24.3 Å². The van der Waals surface area contributed by atoms with Crippen LogP contribution in [0.15, 0.2) is 66.9 Å². The van der Waals surface area contributed by atoms with Crippen LogP contribution in [-0.4, -0.2) is 25.9 Å². The Hall–Kier alpha value is -3.78. The maximum absolute atomic E-state index is 13.2. The van der Waals surface area contributed by atoms with Gasteiger partial charge in [0.05, 0.1) is 22.8 Å². The van der Waals surface area contributed by atoms with Crippen LogP contribution >= 0.6 is 11.3 Å². The van der Waals surface area contributed by atoms with Crippen molar-refractivity contribution >= 4 is 33.1 Å². The summed E-state index contributed by atoms with van der Waals surface area (Å²) in [5, 5.41) is 15.4. The van der Waals surface area contributed by atoms with Crippen LogP contribution in [0.2, 0.25) is 0 Å². The van der Waals surface area contributed by atoms with Crippen molar-refractivity contribution in [3.63, 3.8) is 0 Å². The molecule has 0 aliphatic carbocycles. The van der Waals surface area contributed by atoms with Crippen LogP contribution in [0, 0.1) is 12.7 Å². The first-order valence-corrected chi connectivity index (χ1v) is 10.5. The molecule has 1 amide bonds. The lowest BCUT2D eigenvalue weighted by atomic mass is 10.1. The molecule has 3 heterocycles. The molecule has 0 unspecified atom stereocenters. The molecule has 0 aliphatic heterocycles. The SMILES string of the molecule is Cc1nn(Cc2ccc(F)cc2)c2sc(C(=O)Nc3cccc(-c4ccn[nH]4)c3)cc12. The molecular weight excluding hydrogens is 413 g/mol. The normalized spacial score (nSPS) is 11.2. The molecule has 0 bridgehead atoms. The van der Waals surface area contributed by atoms with Crippen LogP contribution in [0.5, 0.6) is 0 Å². The summed E-state index contributed by atoms with van der Waals surface area (Å²) in [4.78, 5) is 14.4. The molecule has 154 valence electrons. The van der Waals surface area contributed by atoms with Gasteiger partial charge in [-0.2, -0.15) is 10.2 Å². The summed E-state index contributed by atoms with van der Waals surface area (Å²) in [6.45, 7) is 2.43. The number of H-pyrrole nitrogens is 1. The van der Waals surface area contributed by atoms with E-state index in [0.29, 0.717) is 17.1 Å². The maximum Gasteiger partial charge on any atom is 0.265 e. The van der Waals surface area contributed by atoms with E-state index >= 15 is 0 Å². The average Bonchev–Trinajstić information content (AvgIpc) is 3.50. The van der Waals surface area contributed by atoms with Crippen LogP contribution in [0.4, 0.5) is 10.1 Å². The van der Waals surface area contributed by atoms with Crippen molar-refractivity contribution < 1.29 is 9.18 Å². The molecule has 6 nitrogen and oxygen atoms in total. The maximum atomic E-state index is 13.2. The van der Waals surface area contributed by atoms with E-state index in [9.17, 15) is 9.18 Å². The molecule has 0 saturated heterocycles. The molecular formula is C23H18FN5OS. The number of nitrogens with one attached hydrogen (secondary N) is 2. The minimum Gasteiger partial charge on any atom is -0.321 e. The first kappa shape index (κ1) is 19.2. The highest BCUT2D eigenvalue weighted by molar-refractivity contribution is 7.20. The second-order valence-corrected chi connectivity index (χ2v) is 8.23. The number of carbonyl (C=O) groups is 1. The van der Waals surface area contributed by atoms with Gasteiger partial charge in [0.2, 0.25) is 0 Å². The topological polar surface area (TPSA) is 75.6 Å². The molecule has 5 aromatic rings. The van der Waals surface area contributed by atoms with Gasteiger partial charge in [-0.25, -0.2) is 4.39 Å². The highest BCUT2D eigenvalue weighted by Crippen LogP contribution is 2.30. The molecule has 0 spiro atoms. The van der Waals surface area contributed by atoms with Crippen LogP contribution in [0.3, 0.4) is 0 Å². The third-order valence-corrected chi connectivity index (χ3v) is 6.16. The Labute approximate surface area is 181 Å². The van der Waals surface area contributed by atoms with Gasteiger partial charge in [0.15, 0.2) is 0 Å². The third-order valence-electron chi connectivity index (χ3n) is 5.01. The van der Waals surface area contributed by atoms with E-state index in [0.717, 1.165) is 32.7 Å².